The number of benzene rings is 1. The Morgan fingerprint density at radius 2 is 2.00 bits per heavy atom. The van der Waals surface area contributed by atoms with Crippen molar-refractivity contribution in [2.45, 2.75) is 45.6 Å². The van der Waals surface area contributed by atoms with Gasteiger partial charge in [0.1, 0.15) is 24.4 Å². The van der Waals surface area contributed by atoms with Crippen LogP contribution in [0.1, 0.15) is 40.4 Å². The van der Waals surface area contributed by atoms with Crippen LogP contribution in [0.25, 0.3) is 0 Å². The van der Waals surface area contributed by atoms with Crippen molar-refractivity contribution < 1.29 is 18.8 Å². The summed E-state index contributed by atoms with van der Waals surface area (Å²) in [5, 5.41) is 12.8. The Morgan fingerprint density at radius 1 is 1.21 bits per heavy atom. The number of hydrogen-bond donors (Lipinski definition) is 3. The molecule has 33 heavy (non-hydrogen) atoms. The van der Waals surface area contributed by atoms with Gasteiger partial charge in [0.25, 0.3) is 5.88 Å². The van der Waals surface area contributed by atoms with E-state index in [4.69, 9.17) is 25.6 Å². The van der Waals surface area contributed by atoms with Gasteiger partial charge < -0.3 is 24.6 Å². The molecule has 0 radical (unpaired) electrons. The van der Waals surface area contributed by atoms with E-state index >= 15 is 0 Å². The number of hydrogen-bond acceptors (Lipinski definition) is 8. The van der Waals surface area contributed by atoms with Crippen molar-refractivity contribution in [1.29, 1.82) is 0 Å². The lowest BCUT2D eigenvalue weighted by Gasteiger charge is -2.32. The maximum Gasteiger partial charge on any atom is 0.324 e. The van der Waals surface area contributed by atoms with E-state index in [1.165, 1.54) is 6.33 Å². The summed E-state index contributed by atoms with van der Waals surface area (Å²) in [5.41, 5.74) is -0.00830. The molecule has 10 nitrogen and oxygen atoms in total. The first-order chi connectivity index (χ1) is 15.5. The molecule has 3 aromatic rings. The monoisotopic (exact) mass is 472 g/mol. The molecule has 0 aliphatic carbocycles. The van der Waals surface area contributed by atoms with Gasteiger partial charge in [-0.3, -0.25) is 5.32 Å². The number of halogens is 1. The van der Waals surface area contributed by atoms with Crippen molar-refractivity contribution in [2.75, 3.05) is 22.6 Å². The van der Waals surface area contributed by atoms with Gasteiger partial charge in [-0.05, 0) is 32.0 Å². The van der Waals surface area contributed by atoms with Crippen LogP contribution in [-0.2, 0) is 5.41 Å². The highest BCUT2D eigenvalue weighted by atomic mass is 35.5. The lowest BCUT2D eigenvalue weighted by atomic mass is 9.93. The fourth-order valence-electron chi connectivity index (χ4n) is 2.99. The minimum atomic E-state index is -0.486. The first kappa shape index (κ1) is 22.7. The molecule has 2 amide bonds. The zero-order chi connectivity index (χ0) is 23.8. The number of anilines is 3. The molecular weight excluding hydrogens is 448 g/mol. The summed E-state index contributed by atoms with van der Waals surface area (Å²) in [4.78, 5) is 20.7. The minimum Gasteiger partial charge on any atom is -0.483 e. The highest BCUT2D eigenvalue weighted by molar-refractivity contribution is 6.32. The molecular formula is C22H25ClN6O4. The molecule has 1 aliphatic rings. The van der Waals surface area contributed by atoms with E-state index < -0.39 is 6.03 Å². The number of aromatic nitrogens is 3. The van der Waals surface area contributed by atoms with Crippen molar-refractivity contribution >= 4 is 35.0 Å². The highest BCUT2D eigenvalue weighted by Gasteiger charge is 2.30. The van der Waals surface area contributed by atoms with E-state index in [2.05, 4.69) is 31.1 Å². The van der Waals surface area contributed by atoms with Crippen LogP contribution in [0.4, 0.5) is 22.1 Å². The topological polar surface area (TPSA) is 123 Å². The summed E-state index contributed by atoms with van der Waals surface area (Å²) < 4.78 is 16.9. The Labute approximate surface area is 196 Å². The quantitative estimate of drug-likeness (QED) is 0.459. The summed E-state index contributed by atoms with van der Waals surface area (Å²) in [5.74, 6) is 2.53. The average molecular weight is 473 g/mol. The fourth-order valence-corrected chi connectivity index (χ4v) is 3.21. The van der Waals surface area contributed by atoms with Crippen LogP contribution in [0.15, 0.2) is 35.1 Å². The number of nitrogens with zero attached hydrogens (tertiary/aromatic N) is 3. The molecule has 0 unspecified atom stereocenters. The van der Waals surface area contributed by atoms with Gasteiger partial charge in [-0.1, -0.05) is 37.5 Å². The average Bonchev–Trinajstić information content (AvgIpc) is 3.18. The molecule has 1 aromatic carbocycles. The first-order valence-electron chi connectivity index (χ1n) is 10.3. The molecule has 0 atom stereocenters. The molecule has 0 spiro atoms. The number of amides is 2. The van der Waals surface area contributed by atoms with Crippen LogP contribution in [0.2, 0.25) is 5.02 Å². The van der Waals surface area contributed by atoms with Crippen LogP contribution in [0.3, 0.4) is 0 Å². The van der Waals surface area contributed by atoms with Crippen LogP contribution in [-0.4, -0.2) is 33.3 Å². The van der Waals surface area contributed by atoms with Crippen LogP contribution < -0.4 is 25.4 Å². The van der Waals surface area contributed by atoms with Gasteiger partial charge in [0, 0.05) is 17.2 Å². The Hall–Kier alpha value is -3.53. The second kappa shape index (κ2) is 8.43. The largest absolute Gasteiger partial charge is 0.483 e. The second-order valence-electron chi connectivity index (χ2n) is 9.31. The summed E-state index contributed by atoms with van der Waals surface area (Å²) >= 11 is 6.38. The third-order valence-corrected chi connectivity index (χ3v) is 4.99. The Bertz CT molecular complexity index is 1190. The van der Waals surface area contributed by atoms with Gasteiger partial charge in [-0.25, -0.2) is 9.78 Å². The minimum absolute atomic E-state index is 0.215. The van der Waals surface area contributed by atoms with Crippen molar-refractivity contribution in [2.24, 2.45) is 0 Å². The van der Waals surface area contributed by atoms with Crippen molar-refractivity contribution in [3.63, 3.8) is 0 Å². The molecule has 3 N–H and O–H groups in total. The predicted molar refractivity (Wildman–Crippen MR) is 125 cm³/mol. The van der Waals surface area contributed by atoms with E-state index in [-0.39, 0.29) is 21.9 Å². The standard InChI is InChI=1S/C22H25ClN6O4/c1-21(2,3)15-9-16(29-33-15)27-20(30)26-12-6-7-14(13(23)8-12)32-19-17-18(24-11-25-19)28-22(4,5)10-31-17/h6-9,11H,10H2,1-5H3,(H,24,25,28)(H2,26,27,29,30). The molecule has 1 aliphatic heterocycles. The number of rotatable bonds is 4. The van der Waals surface area contributed by atoms with Crippen LogP contribution >= 0.6 is 11.6 Å². The fraction of sp³-hybridized carbons (Fsp3) is 0.364. The Kier molecular flexibility index (Phi) is 5.79. The van der Waals surface area contributed by atoms with Crippen LogP contribution in [0, 0.1) is 0 Å². The third kappa shape index (κ3) is 5.28. The first-order valence-corrected chi connectivity index (χ1v) is 10.7. The molecule has 0 saturated carbocycles. The Balaban J connectivity index is 1.43. The van der Waals surface area contributed by atoms with Gasteiger partial charge in [-0.2, -0.15) is 4.98 Å². The van der Waals surface area contributed by atoms with Gasteiger partial charge in [0.05, 0.1) is 10.6 Å². The van der Waals surface area contributed by atoms with Gasteiger partial charge in [0.15, 0.2) is 11.6 Å². The number of nitrogens with one attached hydrogen (secondary N) is 3. The Morgan fingerprint density at radius 3 is 2.70 bits per heavy atom. The highest BCUT2D eigenvalue weighted by Crippen LogP contribution is 2.40. The lowest BCUT2D eigenvalue weighted by molar-refractivity contribution is 0.229. The van der Waals surface area contributed by atoms with E-state index in [0.29, 0.717) is 41.2 Å². The predicted octanol–water partition coefficient (Wildman–Crippen LogP) is 5.43. The van der Waals surface area contributed by atoms with E-state index in [9.17, 15) is 4.79 Å². The summed E-state index contributed by atoms with van der Waals surface area (Å²) in [6.07, 6.45) is 1.38. The second-order valence-corrected chi connectivity index (χ2v) is 9.71. The third-order valence-electron chi connectivity index (χ3n) is 4.69. The lowest BCUT2D eigenvalue weighted by Crippen LogP contribution is -2.41. The molecule has 0 bridgehead atoms. The molecule has 3 heterocycles. The number of ether oxygens (including phenoxy) is 2. The molecule has 4 rings (SSSR count). The molecule has 11 heteroatoms. The van der Waals surface area contributed by atoms with Crippen molar-refractivity contribution in [1.82, 2.24) is 15.1 Å². The van der Waals surface area contributed by atoms with Crippen molar-refractivity contribution in [3.05, 3.63) is 41.4 Å². The molecule has 0 saturated heterocycles. The van der Waals surface area contributed by atoms with Crippen LogP contribution in [0.5, 0.6) is 17.4 Å². The maximum absolute atomic E-state index is 12.3. The van der Waals surface area contributed by atoms with Crippen molar-refractivity contribution in [3.8, 4) is 17.4 Å². The summed E-state index contributed by atoms with van der Waals surface area (Å²) in [6, 6.07) is 6.04. The van der Waals surface area contributed by atoms with E-state index in [0.717, 1.165) is 0 Å². The molecule has 174 valence electrons. The number of fused-ring (bicyclic) bond motifs is 1. The maximum atomic E-state index is 12.3. The number of carbonyl (C=O) groups excluding carboxylic acids is 1. The zero-order valence-electron chi connectivity index (χ0n) is 18.9. The summed E-state index contributed by atoms with van der Waals surface area (Å²) in [7, 11) is 0. The zero-order valence-corrected chi connectivity index (χ0v) is 19.7. The number of urea groups is 1. The summed E-state index contributed by atoms with van der Waals surface area (Å²) in [6.45, 7) is 10.4. The van der Waals surface area contributed by atoms with Gasteiger partial charge in [0.2, 0.25) is 5.75 Å². The smallest absolute Gasteiger partial charge is 0.324 e. The normalized spacial score (nSPS) is 14.5. The van der Waals surface area contributed by atoms with E-state index in [1.807, 2.05) is 34.6 Å². The SMILES string of the molecule is CC1(C)COc2c(ncnc2Oc2ccc(NC(=O)Nc3cc(C(C)(C)C)on3)cc2Cl)N1. The molecule has 0 fully saturated rings. The number of carbonyl (C=O) groups is 1. The molecule has 2 aromatic heterocycles. The van der Waals surface area contributed by atoms with Gasteiger partial charge in [-0.15, -0.1) is 0 Å². The van der Waals surface area contributed by atoms with E-state index in [1.54, 1.807) is 24.3 Å². The van der Waals surface area contributed by atoms with Gasteiger partial charge >= 0.3 is 6.03 Å².